The fraction of sp³-hybridized carbons (Fsp3) is 0.667. The van der Waals surface area contributed by atoms with Crippen LogP contribution in [0.2, 0.25) is 0 Å². The number of rotatable bonds is 44. The number of likely N-dealkylation sites (N-methyl/N-ethyl adjacent to an activating group) is 1. The first-order valence-electron chi connectivity index (χ1n) is 25.0. The Morgan fingerprint density at radius 1 is 0.500 bits per heavy atom. The first-order valence-corrected chi connectivity index (χ1v) is 26.5. The quantitative estimate of drug-likeness (QED) is 0.0212. The molecule has 9 nitrogen and oxygen atoms in total. The molecule has 0 rings (SSSR count). The number of carbonyl (C=O) groups is 2. The van der Waals surface area contributed by atoms with Gasteiger partial charge in [0.1, 0.15) is 19.8 Å². The Morgan fingerprint density at radius 3 is 1.33 bits per heavy atom. The van der Waals surface area contributed by atoms with Crippen LogP contribution in [0.25, 0.3) is 0 Å². The highest BCUT2D eigenvalue weighted by molar-refractivity contribution is 7.47. The summed E-state index contributed by atoms with van der Waals surface area (Å²) in [5.41, 5.74) is 0. The number of allylic oxidation sites excluding steroid dienone is 16. The Hall–Kier alpha value is -3.07. The average Bonchev–Trinajstić information content (AvgIpc) is 3.25. The lowest BCUT2D eigenvalue weighted by Gasteiger charge is -2.24. The van der Waals surface area contributed by atoms with Crippen molar-refractivity contribution in [3.05, 3.63) is 97.2 Å². The summed E-state index contributed by atoms with van der Waals surface area (Å²) in [5.74, 6) is -0.825. The third kappa shape index (κ3) is 48.4. The molecule has 2 atom stereocenters. The van der Waals surface area contributed by atoms with Crippen LogP contribution >= 0.6 is 7.82 Å². The zero-order valence-corrected chi connectivity index (χ0v) is 42.1. The molecule has 0 radical (unpaired) electrons. The van der Waals surface area contributed by atoms with Crippen molar-refractivity contribution in [1.82, 2.24) is 0 Å². The normalized spacial score (nSPS) is 14.3. The predicted octanol–water partition coefficient (Wildman–Crippen LogP) is 14.9. The summed E-state index contributed by atoms with van der Waals surface area (Å²) in [6.45, 7) is 4.25. The van der Waals surface area contributed by atoms with Crippen LogP contribution in [0.5, 0.6) is 0 Å². The maximum atomic E-state index is 12.7. The lowest BCUT2D eigenvalue weighted by atomic mass is 10.1. The lowest BCUT2D eigenvalue weighted by Crippen LogP contribution is -2.37. The van der Waals surface area contributed by atoms with E-state index in [2.05, 4.69) is 111 Å². The Balaban J connectivity index is 4.20. The molecule has 0 aromatic heterocycles. The lowest BCUT2D eigenvalue weighted by molar-refractivity contribution is -0.870. The Labute approximate surface area is 392 Å². The standard InChI is InChI=1S/C54H92NO8P/c1-6-8-10-12-14-16-17-18-19-20-21-22-23-24-25-26-27-28-29-30-31-32-33-34-35-36-37-39-41-43-45-47-54(57)63-52(51-62-64(58,59)61-49-48-55(3,4)5)50-60-53(56)46-44-42-40-38-15-13-11-9-7-2/h8,10,14,16,18-19,21-22,24-25,27-28,30-31,33-34,52H,6-7,9,11-13,15,17,20,23,26,29,32,35-51H2,1-5H3/p+1/b10-8-,16-14-,19-18-,22-21-,25-24-,28-27-,31-30-,34-33-. The summed E-state index contributed by atoms with van der Waals surface area (Å²) in [6.07, 6.45) is 60.5. The second-order valence-corrected chi connectivity index (χ2v) is 18.9. The summed E-state index contributed by atoms with van der Waals surface area (Å²) in [6, 6.07) is 0. The first-order chi connectivity index (χ1) is 31.0. The van der Waals surface area contributed by atoms with E-state index in [0.29, 0.717) is 17.4 Å². The number of hydrogen-bond acceptors (Lipinski definition) is 7. The van der Waals surface area contributed by atoms with Gasteiger partial charge >= 0.3 is 19.8 Å². The molecule has 0 fully saturated rings. The summed E-state index contributed by atoms with van der Waals surface area (Å²) in [7, 11) is 1.45. The zero-order valence-electron chi connectivity index (χ0n) is 41.2. The fourth-order valence-electron chi connectivity index (χ4n) is 6.26. The van der Waals surface area contributed by atoms with Gasteiger partial charge in [0.2, 0.25) is 0 Å². The van der Waals surface area contributed by atoms with Crippen LogP contribution in [0.1, 0.15) is 181 Å². The van der Waals surface area contributed by atoms with E-state index in [9.17, 15) is 19.0 Å². The van der Waals surface area contributed by atoms with Crippen molar-refractivity contribution in [2.24, 2.45) is 0 Å². The van der Waals surface area contributed by atoms with E-state index >= 15 is 0 Å². The van der Waals surface area contributed by atoms with E-state index in [0.717, 1.165) is 109 Å². The number of ether oxygens (including phenoxy) is 2. The van der Waals surface area contributed by atoms with Crippen molar-refractivity contribution in [2.75, 3.05) is 47.5 Å². The topological polar surface area (TPSA) is 108 Å². The highest BCUT2D eigenvalue weighted by Crippen LogP contribution is 2.43. The minimum Gasteiger partial charge on any atom is -0.462 e. The van der Waals surface area contributed by atoms with Crippen molar-refractivity contribution < 1.29 is 42.1 Å². The van der Waals surface area contributed by atoms with Gasteiger partial charge < -0.3 is 18.9 Å². The molecule has 0 aromatic carbocycles. The number of carbonyl (C=O) groups excluding carboxylic acids is 2. The van der Waals surface area contributed by atoms with Crippen LogP contribution in [0.3, 0.4) is 0 Å². The van der Waals surface area contributed by atoms with Gasteiger partial charge in [-0.3, -0.25) is 18.6 Å². The van der Waals surface area contributed by atoms with Crippen LogP contribution in [0, 0.1) is 0 Å². The Kier molecular flexibility index (Phi) is 42.9. The molecule has 0 bridgehead atoms. The van der Waals surface area contributed by atoms with Crippen molar-refractivity contribution in [3.63, 3.8) is 0 Å². The van der Waals surface area contributed by atoms with Gasteiger partial charge in [0, 0.05) is 12.8 Å². The summed E-state index contributed by atoms with van der Waals surface area (Å²) in [5, 5.41) is 0. The van der Waals surface area contributed by atoms with Crippen molar-refractivity contribution >= 4 is 19.8 Å². The number of quaternary nitrogens is 1. The molecule has 0 spiro atoms. The molecule has 0 saturated heterocycles. The highest BCUT2D eigenvalue weighted by atomic mass is 31.2. The zero-order chi connectivity index (χ0) is 47.1. The van der Waals surface area contributed by atoms with Gasteiger partial charge in [-0.05, 0) is 77.0 Å². The minimum atomic E-state index is -4.38. The van der Waals surface area contributed by atoms with Crippen LogP contribution in [0.4, 0.5) is 0 Å². The van der Waals surface area contributed by atoms with E-state index in [1.54, 1.807) is 0 Å². The molecule has 0 aliphatic carbocycles. The number of unbranched alkanes of at least 4 members (excludes halogenated alkanes) is 14. The van der Waals surface area contributed by atoms with E-state index in [1.807, 2.05) is 21.1 Å². The van der Waals surface area contributed by atoms with Crippen molar-refractivity contribution in [1.29, 1.82) is 0 Å². The third-order valence-corrected chi connectivity index (χ3v) is 11.1. The number of phosphoric acid groups is 1. The van der Waals surface area contributed by atoms with Crippen LogP contribution in [-0.2, 0) is 32.7 Å². The van der Waals surface area contributed by atoms with E-state index in [1.165, 1.54) is 38.5 Å². The highest BCUT2D eigenvalue weighted by Gasteiger charge is 2.27. The smallest absolute Gasteiger partial charge is 0.462 e. The molecular weight excluding hydrogens is 822 g/mol. The average molecular weight is 915 g/mol. The molecule has 0 aliphatic heterocycles. The Bertz CT molecular complexity index is 1400. The monoisotopic (exact) mass is 915 g/mol. The van der Waals surface area contributed by atoms with Crippen molar-refractivity contribution in [2.45, 2.75) is 187 Å². The Morgan fingerprint density at radius 2 is 0.891 bits per heavy atom. The SMILES string of the molecule is CC/C=C\C/C=C\C/C=C\C/C=C\C/C=C\C/C=C\C/C=C\C/C=C\CCCCCCCCC(=O)OC(COC(=O)CCCCCCCCCCC)COP(=O)(O)OCC[N+](C)(C)C. The first kappa shape index (κ1) is 60.9. The molecule has 0 aliphatic rings. The van der Waals surface area contributed by atoms with Gasteiger partial charge in [0.15, 0.2) is 6.10 Å². The molecule has 0 amide bonds. The maximum absolute atomic E-state index is 12.7. The molecule has 0 aromatic rings. The summed E-state index contributed by atoms with van der Waals surface area (Å²) < 4.78 is 34.3. The van der Waals surface area contributed by atoms with Crippen LogP contribution in [0.15, 0.2) is 97.2 Å². The molecule has 0 saturated carbocycles. The van der Waals surface area contributed by atoms with E-state index in [-0.39, 0.29) is 32.0 Å². The van der Waals surface area contributed by atoms with E-state index < -0.39 is 26.5 Å². The molecule has 64 heavy (non-hydrogen) atoms. The summed E-state index contributed by atoms with van der Waals surface area (Å²) in [4.78, 5) is 35.3. The largest absolute Gasteiger partial charge is 0.472 e. The molecule has 0 heterocycles. The maximum Gasteiger partial charge on any atom is 0.472 e. The molecule has 2 unspecified atom stereocenters. The van der Waals surface area contributed by atoms with Gasteiger partial charge in [0.05, 0.1) is 27.7 Å². The molecule has 366 valence electrons. The van der Waals surface area contributed by atoms with Crippen LogP contribution in [-0.4, -0.2) is 74.9 Å². The van der Waals surface area contributed by atoms with Gasteiger partial charge in [-0.25, -0.2) is 4.57 Å². The predicted molar refractivity (Wildman–Crippen MR) is 270 cm³/mol. The second kappa shape index (κ2) is 45.1. The molecule has 10 heteroatoms. The minimum absolute atomic E-state index is 0.0244. The van der Waals surface area contributed by atoms with Gasteiger partial charge in [0.25, 0.3) is 0 Å². The van der Waals surface area contributed by atoms with E-state index in [4.69, 9.17) is 18.5 Å². The van der Waals surface area contributed by atoms with Crippen LogP contribution < -0.4 is 0 Å². The van der Waals surface area contributed by atoms with Gasteiger partial charge in [-0.2, -0.15) is 0 Å². The van der Waals surface area contributed by atoms with Crippen molar-refractivity contribution in [3.8, 4) is 0 Å². The number of nitrogens with zero attached hydrogens (tertiary/aromatic N) is 1. The number of esters is 2. The number of hydrogen-bond donors (Lipinski definition) is 1. The second-order valence-electron chi connectivity index (χ2n) is 17.5. The summed E-state index contributed by atoms with van der Waals surface area (Å²) >= 11 is 0. The molecular formula is C54H93NO8P+. The van der Waals surface area contributed by atoms with Gasteiger partial charge in [-0.1, -0.05) is 188 Å². The van der Waals surface area contributed by atoms with Gasteiger partial charge in [-0.15, -0.1) is 0 Å². The molecule has 1 N–H and O–H groups in total. The third-order valence-electron chi connectivity index (χ3n) is 10.1. The number of phosphoric ester groups is 1. The fourth-order valence-corrected chi connectivity index (χ4v) is 7.01.